The van der Waals surface area contributed by atoms with Crippen molar-refractivity contribution in [2.45, 2.75) is 13.6 Å². The van der Waals surface area contributed by atoms with Gasteiger partial charge in [-0.05, 0) is 42.3 Å². The largest absolute Gasteiger partial charge is 0.334 e. The summed E-state index contributed by atoms with van der Waals surface area (Å²) in [6, 6.07) is 12.0. The smallest absolute Gasteiger partial charge is 0.271 e. The zero-order valence-electron chi connectivity index (χ0n) is 13.2. The first kappa shape index (κ1) is 14.8. The molecule has 1 aliphatic heterocycles. The lowest BCUT2D eigenvalue weighted by molar-refractivity contribution is 0.569. The Morgan fingerprint density at radius 3 is 2.96 bits per heavy atom. The lowest BCUT2D eigenvalue weighted by Crippen LogP contribution is -2.42. The van der Waals surface area contributed by atoms with Crippen molar-refractivity contribution < 1.29 is 0 Å². The molecule has 0 N–H and O–H groups in total. The molecule has 1 aliphatic rings. The molecule has 0 unspecified atom stereocenters. The van der Waals surface area contributed by atoms with E-state index in [1.165, 1.54) is 16.9 Å². The molecule has 0 atom stereocenters. The molecular formula is C18H16N4OS. The Morgan fingerprint density at radius 2 is 2.17 bits per heavy atom. The van der Waals surface area contributed by atoms with Gasteiger partial charge in [0.1, 0.15) is 13.3 Å². The summed E-state index contributed by atoms with van der Waals surface area (Å²) in [5.74, 6) is 0. The number of pyridine rings is 1. The van der Waals surface area contributed by atoms with E-state index >= 15 is 0 Å². The minimum Gasteiger partial charge on any atom is -0.334 e. The second kappa shape index (κ2) is 6.05. The summed E-state index contributed by atoms with van der Waals surface area (Å²) >= 11 is 1.43. The van der Waals surface area contributed by atoms with Crippen molar-refractivity contribution in [3.8, 4) is 0 Å². The minimum atomic E-state index is -0.0000406. The van der Waals surface area contributed by atoms with Gasteiger partial charge in [-0.3, -0.25) is 14.3 Å². The predicted molar refractivity (Wildman–Crippen MR) is 95.7 cm³/mol. The monoisotopic (exact) mass is 336 g/mol. The van der Waals surface area contributed by atoms with E-state index in [0.717, 1.165) is 16.1 Å². The van der Waals surface area contributed by atoms with Gasteiger partial charge in [0.2, 0.25) is 0 Å². The van der Waals surface area contributed by atoms with Crippen LogP contribution in [0.2, 0.25) is 0 Å². The Bertz CT molecular complexity index is 1050. The molecule has 2 aromatic heterocycles. The zero-order chi connectivity index (χ0) is 16.5. The molecule has 0 amide bonds. The van der Waals surface area contributed by atoms with E-state index in [1.807, 2.05) is 30.3 Å². The third-order valence-electron chi connectivity index (χ3n) is 3.93. The number of rotatable bonds is 2. The van der Waals surface area contributed by atoms with Crippen LogP contribution in [0.15, 0.2) is 58.6 Å². The van der Waals surface area contributed by atoms with Crippen LogP contribution in [-0.4, -0.2) is 16.2 Å². The molecule has 3 aromatic rings. The quantitative estimate of drug-likeness (QED) is 0.713. The standard InChI is InChI=1S/C18H16N4OS/c1-13-4-2-6-15(8-13)21-11-20-18-22(12-21)17(23)16(24-18)9-14-5-3-7-19-10-14/h2-10H,11-12H2,1H3. The van der Waals surface area contributed by atoms with E-state index in [1.54, 1.807) is 17.0 Å². The number of hydrogen-bond donors (Lipinski definition) is 0. The van der Waals surface area contributed by atoms with Crippen LogP contribution in [0.3, 0.4) is 0 Å². The van der Waals surface area contributed by atoms with E-state index in [9.17, 15) is 4.79 Å². The number of nitrogens with zero attached hydrogens (tertiary/aromatic N) is 4. The average molecular weight is 336 g/mol. The predicted octanol–water partition coefficient (Wildman–Crippen LogP) is 1.50. The van der Waals surface area contributed by atoms with Crippen LogP contribution in [0, 0.1) is 6.92 Å². The molecule has 5 nitrogen and oxygen atoms in total. The first-order valence-corrected chi connectivity index (χ1v) is 8.50. The van der Waals surface area contributed by atoms with Gasteiger partial charge < -0.3 is 4.90 Å². The Labute approximate surface area is 142 Å². The van der Waals surface area contributed by atoms with Crippen LogP contribution in [0.1, 0.15) is 11.1 Å². The Morgan fingerprint density at radius 1 is 1.25 bits per heavy atom. The molecule has 6 heteroatoms. The summed E-state index contributed by atoms with van der Waals surface area (Å²) in [7, 11) is 0. The SMILES string of the molecule is Cc1cccc(N2CN=c3sc(=Cc4cccnc4)c(=O)n3C2)c1. The van der Waals surface area contributed by atoms with E-state index in [0.29, 0.717) is 17.9 Å². The van der Waals surface area contributed by atoms with Gasteiger partial charge in [-0.25, -0.2) is 4.99 Å². The van der Waals surface area contributed by atoms with Crippen molar-refractivity contribution in [2.75, 3.05) is 11.6 Å². The fourth-order valence-electron chi connectivity index (χ4n) is 2.71. The summed E-state index contributed by atoms with van der Waals surface area (Å²) in [6.45, 7) is 3.15. The van der Waals surface area contributed by atoms with E-state index in [2.05, 4.69) is 33.9 Å². The van der Waals surface area contributed by atoms with Gasteiger partial charge in [-0.1, -0.05) is 29.5 Å². The van der Waals surface area contributed by atoms with Crippen molar-refractivity contribution in [2.24, 2.45) is 4.99 Å². The van der Waals surface area contributed by atoms with Crippen LogP contribution in [0.5, 0.6) is 0 Å². The molecule has 0 saturated heterocycles. The lowest BCUT2D eigenvalue weighted by atomic mass is 10.2. The van der Waals surface area contributed by atoms with Crippen LogP contribution >= 0.6 is 11.3 Å². The number of fused-ring (bicyclic) bond motifs is 1. The third-order valence-corrected chi connectivity index (χ3v) is 4.97. The topological polar surface area (TPSA) is 50.5 Å². The molecule has 0 aliphatic carbocycles. The second-order valence-corrected chi connectivity index (χ2v) is 6.74. The molecule has 0 radical (unpaired) electrons. The van der Waals surface area contributed by atoms with Crippen molar-refractivity contribution >= 4 is 23.1 Å². The van der Waals surface area contributed by atoms with E-state index in [4.69, 9.17) is 0 Å². The van der Waals surface area contributed by atoms with Crippen molar-refractivity contribution in [1.29, 1.82) is 0 Å². The normalized spacial score (nSPS) is 14.4. The molecule has 0 spiro atoms. The second-order valence-electron chi connectivity index (χ2n) is 5.73. The maximum Gasteiger partial charge on any atom is 0.271 e. The number of hydrogen-bond acceptors (Lipinski definition) is 5. The molecule has 120 valence electrons. The Balaban J connectivity index is 1.73. The van der Waals surface area contributed by atoms with Gasteiger partial charge in [-0.2, -0.15) is 0 Å². The van der Waals surface area contributed by atoms with E-state index in [-0.39, 0.29) is 5.56 Å². The van der Waals surface area contributed by atoms with Crippen LogP contribution < -0.4 is 19.8 Å². The highest BCUT2D eigenvalue weighted by atomic mass is 32.1. The maximum absolute atomic E-state index is 12.7. The molecule has 0 fully saturated rings. The van der Waals surface area contributed by atoms with Gasteiger partial charge in [0, 0.05) is 18.1 Å². The van der Waals surface area contributed by atoms with Crippen molar-refractivity contribution in [3.63, 3.8) is 0 Å². The Hall–Kier alpha value is -2.73. The molecule has 4 rings (SSSR count). The van der Waals surface area contributed by atoms with Crippen molar-refractivity contribution in [1.82, 2.24) is 9.55 Å². The average Bonchev–Trinajstić information content (AvgIpc) is 2.91. The first-order chi connectivity index (χ1) is 11.7. The first-order valence-electron chi connectivity index (χ1n) is 7.68. The number of anilines is 1. The lowest BCUT2D eigenvalue weighted by Gasteiger charge is -2.25. The molecule has 0 saturated carbocycles. The van der Waals surface area contributed by atoms with Gasteiger partial charge >= 0.3 is 0 Å². The van der Waals surface area contributed by atoms with Crippen molar-refractivity contribution in [3.05, 3.63) is 79.6 Å². The molecule has 1 aromatic carbocycles. The van der Waals surface area contributed by atoms with Crippen LogP contribution in [-0.2, 0) is 6.67 Å². The van der Waals surface area contributed by atoms with Gasteiger partial charge in [0.25, 0.3) is 5.56 Å². The summed E-state index contributed by atoms with van der Waals surface area (Å²) < 4.78 is 2.42. The minimum absolute atomic E-state index is 0.0000406. The van der Waals surface area contributed by atoms with Gasteiger partial charge in [0.15, 0.2) is 4.80 Å². The van der Waals surface area contributed by atoms with E-state index < -0.39 is 0 Å². The highest BCUT2D eigenvalue weighted by molar-refractivity contribution is 7.07. The number of aryl methyl sites for hydroxylation is 1. The molecule has 3 heterocycles. The van der Waals surface area contributed by atoms with Gasteiger partial charge in [0.05, 0.1) is 4.53 Å². The highest BCUT2D eigenvalue weighted by Gasteiger charge is 2.15. The fourth-order valence-corrected chi connectivity index (χ4v) is 3.67. The Kier molecular flexibility index (Phi) is 3.74. The fraction of sp³-hybridized carbons (Fsp3) is 0.167. The van der Waals surface area contributed by atoms with Crippen LogP contribution in [0.25, 0.3) is 6.08 Å². The van der Waals surface area contributed by atoms with Gasteiger partial charge in [-0.15, -0.1) is 0 Å². The summed E-state index contributed by atoms with van der Waals surface area (Å²) in [6.07, 6.45) is 5.34. The summed E-state index contributed by atoms with van der Waals surface area (Å²) in [5, 5.41) is 0. The third kappa shape index (κ3) is 2.76. The number of benzene rings is 1. The zero-order valence-corrected chi connectivity index (χ0v) is 14.0. The maximum atomic E-state index is 12.7. The number of thiazole rings is 1. The molecular weight excluding hydrogens is 320 g/mol. The highest BCUT2D eigenvalue weighted by Crippen LogP contribution is 2.17. The molecule has 0 bridgehead atoms. The van der Waals surface area contributed by atoms with Crippen LogP contribution in [0.4, 0.5) is 5.69 Å². The summed E-state index contributed by atoms with van der Waals surface area (Å²) in [5.41, 5.74) is 3.20. The number of aromatic nitrogens is 2. The summed E-state index contributed by atoms with van der Waals surface area (Å²) in [4.78, 5) is 24.2. The molecule has 24 heavy (non-hydrogen) atoms.